The molecule has 4 aromatic rings. The number of aromatic nitrogens is 3. The van der Waals surface area contributed by atoms with Crippen LogP contribution in [0.2, 0.25) is 5.02 Å². The highest BCUT2D eigenvalue weighted by Crippen LogP contribution is 2.24. The van der Waals surface area contributed by atoms with Crippen molar-refractivity contribution in [3.63, 3.8) is 0 Å². The van der Waals surface area contributed by atoms with Crippen LogP contribution in [0.5, 0.6) is 0 Å². The Morgan fingerprint density at radius 3 is 2.41 bits per heavy atom. The van der Waals surface area contributed by atoms with Crippen LogP contribution in [-0.4, -0.2) is 20.9 Å². The lowest BCUT2D eigenvalue weighted by molar-refractivity contribution is 0.102. The second kappa shape index (κ2) is 7.13. The zero-order chi connectivity index (χ0) is 19.0. The number of hydrogen-bond acceptors (Lipinski definition) is 3. The summed E-state index contributed by atoms with van der Waals surface area (Å²) in [6.07, 6.45) is 0. The van der Waals surface area contributed by atoms with Crippen LogP contribution in [0, 0.1) is 6.92 Å². The minimum atomic E-state index is -0.185. The number of nitrogens with one attached hydrogen (secondary N) is 1. The first-order chi connectivity index (χ1) is 13.0. The van der Waals surface area contributed by atoms with Crippen molar-refractivity contribution in [2.45, 2.75) is 6.92 Å². The average Bonchev–Trinajstić information content (AvgIpc) is 3.05. The fourth-order valence-corrected chi connectivity index (χ4v) is 3.32. The van der Waals surface area contributed by atoms with Gasteiger partial charge in [-0.1, -0.05) is 23.7 Å². The van der Waals surface area contributed by atoms with Gasteiger partial charge in [0.15, 0.2) is 0 Å². The number of amides is 1. The molecular weight excluding hydrogens is 428 g/mol. The number of carbonyl (C=O) groups is 1. The van der Waals surface area contributed by atoms with E-state index in [9.17, 15) is 4.79 Å². The van der Waals surface area contributed by atoms with Crippen LogP contribution in [0.25, 0.3) is 16.7 Å². The van der Waals surface area contributed by atoms with Crippen molar-refractivity contribution < 1.29 is 4.79 Å². The smallest absolute Gasteiger partial charge is 0.256 e. The number of anilines is 1. The van der Waals surface area contributed by atoms with E-state index < -0.39 is 0 Å². The number of benzene rings is 3. The van der Waals surface area contributed by atoms with E-state index in [0.717, 1.165) is 21.2 Å². The van der Waals surface area contributed by atoms with Crippen LogP contribution in [0.4, 0.5) is 5.69 Å². The zero-order valence-electron chi connectivity index (χ0n) is 14.3. The van der Waals surface area contributed by atoms with Crippen LogP contribution in [-0.2, 0) is 0 Å². The Hall–Kier alpha value is -2.70. The van der Waals surface area contributed by atoms with Crippen molar-refractivity contribution in [1.29, 1.82) is 0 Å². The third-order valence-electron chi connectivity index (χ3n) is 4.15. The molecule has 1 N–H and O–H groups in total. The van der Waals surface area contributed by atoms with Gasteiger partial charge < -0.3 is 5.32 Å². The molecule has 7 heteroatoms. The Balaban J connectivity index is 1.68. The molecule has 0 fully saturated rings. The average molecular weight is 442 g/mol. The van der Waals surface area contributed by atoms with Crippen LogP contribution in [0.3, 0.4) is 0 Å². The SMILES string of the molecule is Cc1cc2nn(-c3ccc(Cl)cc3)nc2cc1NC(=O)c1ccccc1Br. The summed E-state index contributed by atoms with van der Waals surface area (Å²) in [7, 11) is 0. The quantitative estimate of drug-likeness (QED) is 0.463. The highest BCUT2D eigenvalue weighted by molar-refractivity contribution is 9.10. The van der Waals surface area contributed by atoms with Gasteiger partial charge in [0.25, 0.3) is 5.91 Å². The Labute approximate surface area is 169 Å². The van der Waals surface area contributed by atoms with Gasteiger partial charge in [0, 0.05) is 15.2 Å². The van der Waals surface area contributed by atoms with Crippen LogP contribution in [0.1, 0.15) is 15.9 Å². The van der Waals surface area contributed by atoms with Gasteiger partial charge in [0.1, 0.15) is 11.0 Å². The highest BCUT2D eigenvalue weighted by atomic mass is 79.9. The normalized spacial score (nSPS) is 10.9. The molecule has 0 saturated carbocycles. The minimum absolute atomic E-state index is 0.185. The maximum absolute atomic E-state index is 12.6. The van der Waals surface area contributed by atoms with Gasteiger partial charge in [-0.2, -0.15) is 4.80 Å². The van der Waals surface area contributed by atoms with E-state index in [1.807, 2.05) is 49.4 Å². The van der Waals surface area contributed by atoms with E-state index in [0.29, 0.717) is 21.8 Å². The maximum atomic E-state index is 12.6. The van der Waals surface area contributed by atoms with E-state index in [2.05, 4.69) is 31.4 Å². The van der Waals surface area contributed by atoms with Crippen molar-refractivity contribution in [2.24, 2.45) is 0 Å². The molecule has 3 aromatic carbocycles. The highest BCUT2D eigenvalue weighted by Gasteiger charge is 2.13. The lowest BCUT2D eigenvalue weighted by atomic mass is 10.1. The third kappa shape index (κ3) is 3.59. The fourth-order valence-electron chi connectivity index (χ4n) is 2.73. The lowest BCUT2D eigenvalue weighted by Gasteiger charge is -2.09. The molecule has 27 heavy (non-hydrogen) atoms. The summed E-state index contributed by atoms with van der Waals surface area (Å²) in [5.41, 5.74) is 4.44. The number of nitrogens with zero attached hydrogens (tertiary/aromatic N) is 3. The summed E-state index contributed by atoms with van der Waals surface area (Å²) in [6.45, 7) is 1.93. The van der Waals surface area contributed by atoms with Crippen LogP contribution < -0.4 is 5.32 Å². The standard InChI is InChI=1S/C20H14BrClN4O/c1-12-10-18-19(25-26(24-18)14-8-6-13(22)7-9-14)11-17(12)23-20(27)15-4-2-3-5-16(15)21/h2-11H,1H3,(H,23,27). The number of hydrogen-bond donors (Lipinski definition) is 1. The molecule has 0 aliphatic rings. The second-order valence-corrected chi connectivity index (χ2v) is 7.35. The van der Waals surface area contributed by atoms with Crippen LogP contribution >= 0.6 is 27.5 Å². The number of rotatable bonds is 3. The number of halogens is 2. The monoisotopic (exact) mass is 440 g/mol. The molecule has 0 saturated heterocycles. The molecule has 5 nitrogen and oxygen atoms in total. The van der Waals surface area contributed by atoms with Crippen molar-refractivity contribution in [1.82, 2.24) is 15.0 Å². The van der Waals surface area contributed by atoms with Crippen LogP contribution in [0.15, 0.2) is 65.1 Å². The predicted molar refractivity (Wildman–Crippen MR) is 111 cm³/mol. The fraction of sp³-hybridized carbons (Fsp3) is 0.0500. The minimum Gasteiger partial charge on any atom is -0.322 e. The molecule has 0 aliphatic heterocycles. The Kier molecular flexibility index (Phi) is 4.68. The third-order valence-corrected chi connectivity index (χ3v) is 5.09. The molecule has 0 spiro atoms. The molecule has 0 atom stereocenters. The Morgan fingerprint density at radius 2 is 1.70 bits per heavy atom. The first kappa shape index (κ1) is 17.7. The first-order valence-corrected chi connectivity index (χ1v) is 9.38. The summed E-state index contributed by atoms with van der Waals surface area (Å²) < 4.78 is 0.745. The van der Waals surface area contributed by atoms with Gasteiger partial charge in [-0.25, -0.2) is 0 Å². The predicted octanol–water partition coefficient (Wildman–Crippen LogP) is 5.40. The first-order valence-electron chi connectivity index (χ1n) is 8.21. The molecule has 134 valence electrons. The Morgan fingerprint density at radius 1 is 1.04 bits per heavy atom. The van der Waals surface area contributed by atoms with Gasteiger partial charge in [0.05, 0.1) is 11.3 Å². The van der Waals surface area contributed by atoms with E-state index >= 15 is 0 Å². The largest absolute Gasteiger partial charge is 0.322 e. The van der Waals surface area contributed by atoms with Crippen molar-refractivity contribution in [3.8, 4) is 5.69 Å². The summed E-state index contributed by atoms with van der Waals surface area (Å²) in [6, 6.07) is 18.3. The van der Waals surface area contributed by atoms with E-state index in [1.54, 1.807) is 23.0 Å². The number of aryl methyl sites for hydroxylation is 1. The number of carbonyl (C=O) groups excluding carboxylic acids is 1. The molecule has 0 radical (unpaired) electrons. The van der Waals surface area contributed by atoms with E-state index in [-0.39, 0.29) is 5.91 Å². The number of fused-ring (bicyclic) bond motifs is 1. The molecule has 4 rings (SSSR count). The van der Waals surface area contributed by atoms with E-state index in [4.69, 9.17) is 11.6 Å². The van der Waals surface area contributed by atoms with Crippen molar-refractivity contribution >= 4 is 50.2 Å². The van der Waals surface area contributed by atoms with Gasteiger partial charge in [-0.3, -0.25) is 4.79 Å². The molecule has 1 amide bonds. The topological polar surface area (TPSA) is 59.8 Å². The molecular formula is C20H14BrClN4O. The van der Waals surface area contributed by atoms with Gasteiger partial charge >= 0.3 is 0 Å². The molecule has 0 unspecified atom stereocenters. The summed E-state index contributed by atoms with van der Waals surface area (Å²) in [5, 5.41) is 12.6. The molecule has 0 aliphatic carbocycles. The summed E-state index contributed by atoms with van der Waals surface area (Å²) >= 11 is 9.34. The lowest BCUT2D eigenvalue weighted by Crippen LogP contribution is -2.13. The molecule has 0 bridgehead atoms. The zero-order valence-corrected chi connectivity index (χ0v) is 16.6. The maximum Gasteiger partial charge on any atom is 0.256 e. The van der Waals surface area contributed by atoms with Gasteiger partial charge in [0.2, 0.25) is 0 Å². The molecule has 1 heterocycles. The second-order valence-electron chi connectivity index (χ2n) is 6.06. The van der Waals surface area contributed by atoms with Gasteiger partial charge in [-0.15, -0.1) is 10.2 Å². The Bertz CT molecular complexity index is 1150. The van der Waals surface area contributed by atoms with Crippen molar-refractivity contribution in [3.05, 3.63) is 81.3 Å². The van der Waals surface area contributed by atoms with E-state index in [1.165, 1.54) is 0 Å². The summed E-state index contributed by atoms with van der Waals surface area (Å²) in [4.78, 5) is 14.1. The van der Waals surface area contributed by atoms with Gasteiger partial charge in [-0.05, 0) is 76.9 Å². The molecule has 1 aromatic heterocycles. The van der Waals surface area contributed by atoms with Crippen molar-refractivity contribution in [2.75, 3.05) is 5.32 Å². The summed E-state index contributed by atoms with van der Waals surface area (Å²) in [5.74, 6) is -0.185.